The van der Waals surface area contributed by atoms with Gasteiger partial charge in [0.05, 0.1) is 0 Å². The van der Waals surface area contributed by atoms with Gasteiger partial charge in [-0.3, -0.25) is 4.79 Å². The molecule has 0 radical (unpaired) electrons. The zero-order valence-electron chi connectivity index (χ0n) is 16.9. The van der Waals surface area contributed by atoms with Crippen LogP contribution in [0.15, 0.2) is 85.3 Å². The molecule has 156 valence electrons. The molecule has 3 N–H and O–H groups in total. The Labute approximate surface area is 180 Å². The molecule has 7 nitrogen and oxygen atoms in total. The first-order valence-corrected chi connectivity index (χ1v) is 9.98. The second kappa shape index (κ2) is 9.23. The largest absolute Gasteiger partial charge is 0.868 e. The van der Waals surface area contributed by atoms with Crippen molar-refractivity contribution in [3.05, 3.63) is 108 Å². The Balaban J connectivity index is 1.57. The lowest BCUT2D eigenvalue weighted by molar-refractivity contribution is -0.693. The summed E-state index contributed by atoms with van der Waals surface area (Å²) in [7, 11) is 0. The molecule has 7 heteroatoms. The number of benzene rings is 2. The number of hydrogen-bond donors (Lipinski definition) is 2. The number of carbonyl (C=O) groups is 1. The third-order valence-corrected chi connectivity index (χ3v) is 5.01. The summed E-state index contributed by atoms with van der Waals surface area (Å²) in [5, 5.41) is 15.3. The maximum atomic E-state index is 12.9. The van der Waals surface area contributed by atoms with Gasteiger partial charge in [0, 0.05) is 37.2 Å². The lowest BCUT2D eigenvalue weighted by Gasteiger charge is -2.13. The summed E-state index contributed by atoms with van der Waals surface area (Å²) in [6, 6.07) is 20.3. The molecule has 0 unspecified atom stereocenters. The Bertz CT molecular complexity index is 1170. The highest BCUT2D eigenvalue weighted by molar-refractivity contribution is 6.03. The number of nitrogens with zero attached hydrogens (tertiary/aromatic N) is 3. The van der Waals surface area contributed by atoms with Crippen molar-refractivity contribution in [1.29, 1.82) is 0 Å². The monoisotopic (exact) mass is 413 g/mol. The summed E-state index contributed by atoms with van der Waals surface area (Å²) in [4.78, 5) is 17.4. The lowest BCUT2D eigenvalue weighted by atomic mass is 10.2. The first kappa shape index (κ1) is 20.3. The molecule has 0 spiro atoms. The average Bonchev–Trinajstić information content (AvgIpc) is 3.21. The van der Waals surface area contributed by atoms with E-state index < -0.39 is 5.91 Å². The second-order valence-electron chi connectivity index (χ2n) is 7.16. The summed E-state index contributed by atoms with van der Waals surface area (Å²) < 4.78 is 3.64. The van der Waals surface area contributed by atoms with E-state index in [2.05, 4.69) is 10.3 Å². The summed E-state index contributed by atoms with van der Waals surface area (Å²) in [6.45, 7) is 1.38. The van der Waals surface area contributed by atoms with Crippen LogP contribution in [0.1, 0.15) is 27.4 Å². The number of pyridine rings is 1. The highest BCUT2D eigenvalue weighted by Gasteiger charge is 2.22. The van der Waals surface area contributed by atoms with E-state index in [0.29, 0.717) is 25.3 Å². The molecule has 0 aliphatic heterocycles. The quantitative estimate of drug-likeness (QED) is 0.453. The van der Waals surface area contributed by atoms with Crippen molar-refractivity contribution in [1.82, 2.24) is 9.55 Å². The first-order valence-electron chi connectivity index (χ1n) is 9.98. The van der Waals surface area contributed by atoms with Crippen LogP contribution < -0.4 is 20.7 Å². The highest BCUT2D eigenvalue weighted by atomic mass is 16.3. The minimum absolute atomic E-state index is 0.0552. The number of nitrogens with one attached hydrogen (secondary N) is 1. The van der Waals surface area contributed by atoms with Crippen LogP contribution in [0.5, 0.6) is 5.75 Å². The van der Waals surface area contributed by atoms with Gasteiger partial charge < -0.3 is 20.7 Å². The maximum Gasteiger partial charge on any atom is 0.319 e. The van der Waals surface area contributed by atoms with Gasteiger partial charge in [-0.25, -0.2) is 4.98 Å². The van der Waals surface area contributed by atoms with Gasteiger partial charge in [-0.1, -0.05) is 48.5 Å². The summed E-state index contributed by atoms with van der Waals surface area (Å²) in [5.74, 6) is -0.0622. The summed E-state index contributed by atoms with van der Waals surface area (Å²) in [5.41, 5.74) is 8.37. The predicted molar refractivity (Wildman–Crippen MR) is 115 cm³/mol. The maximum absolute atomic E-state index is 12.9. The first-order chi connectivity index (χ1) is 15.1. The molecule has 4 rings (SSSR count). The van der Waals surface area contributed by atoms with Crippen LogP contribution in [0.3, 0.4) is 0 Å². The van der Waals surface area contributed by atoms with Crippen molar-refractivity contribution in [2.24, 2.45) is 5.73 Å². The van der Waals surface area contributed by atoms with Gasteiger partial charge in [0.25, 0.3) is 5.69 Å². The molecule has 0 fully saturated rings. The number of carbonyl (C=O) groups excluding carboxylic acids is 1. The van der Waals surface area contributed by atoms with Crippen molar-refractivity contribution in [2.45, 2.75) is 19.6 Å². The fourth-order valence-electron chi connectivity index (χ4n) is 3.39. The molecule has 1 amide bonds. The minimum Gasteiger partial charge on any atom is -0.868 e. The molecular formula is C24H23N5O2. The topological polar surface area (TPSA) is 99.9 Å². The van der Waals surface area contributed by atoms with Gasteiger partial charge in [0.2, 0.25) is 6.54 Å². The SMILES string of the molecule is NCc1ccc(NC(=O)c2c([O-])ccc[n+]2Cc2nccn2Cc2ccccc2)cc1. The zero-order valence-corrected chi connectivity index (χ0v) is 16.9. The lowest BCUT2D eigenvalue weighted by Crippen LogP contribution is -2.44. The van der Waals surface area contributed by atoms with Crippen molar-refractivity contribution in [2.75, 3.05) is 5.32 Å². The molecule has 0 bridgehead atoms. The smallest absolute Gasteiger partial charge is 0.319 e. The molecule has 2 aromatic heterocycles. The van der Waals surface area contributed by atoms with Crippen LogP contribution in [-0.4, -0.2) is 15.5 Å². The van der Waals surface area contributed by atoms with Gasteiger partial charge in [0.1, 0.15) is 0 Å². The Kier molecular flexibility index (Phi) is 6.05. The standard InChI is InChI=1S/C24H23N5O2/c25-15-18-8-10-20(11-9-18)27-24(31)23-21(30)7-4-13-29(23)17-22-26-12-14-28(22)16-19-5-2-1-3-6-19/h1-14H,15-17,25H2,(H-,27,30,31). The predicted octanol–water partition coefficient (Wildman–Crippen LogP) is 2.05. The third-order valence-electron chi connectivity index (χ3n) is 5.01. The van der Waals surface area contributed by atoms with E-state index in [1.165, 1.54) is 6.07 Å². The highest BCUT2D eigenvalue weighted by Crippen LogP contribution is 2.14. The van der Waals surface area contributed by atoms with Crippen LogP contribution in [0.4, 0.5) is 5.69 Å². The molecular weight excluding hydrogens is 390 g/mol. The molecule has 0 aliphatic carbocycles. The van der Waals surface area contributed by atoms with E-state index in [1.807, 2.05) is 53.2 Å². The van der Waals surface area contributed by atoms with Gasteiger partial charge in [-0.15, -0.1) is 0 Å². The fraction of sp³-hybridized carbons (Fsp3) is 0.125. The molecule has 0 atom stereocenters. The number of hydrogen-bond acceptors (Lipinski definition) is 4. The second-order valence-corrected chi connectivity index (χ2v) is 7.16. The van der Waals surface area contributed by atoms with Crippen LogP contribution in [0.2, 0.25) is 0 Å². The van der Waals surface area contributed by atoms with Crippen molar-refractivity contribution in [3.8, 4) is 5.75 Å². The van der Waals surface area contributed by atoms with Gasteiger partial charge in [-0.05, 0) is 29.0 Å². The van der Waals surface area contributed by atoms with Gasteiger partial charge >= 0.3 is 5.91 Å². The van der Waals surface area contributed by atoms with E-state index >= 15 is 0 Å². The Morgan fingerprint density at radius 1 is 1.03 bits per heavy atom. The van der Waals surface area contributed by atoms with E-state index in [4.69, 9.17) is 5.73 Å². The van der Waals surface area contributed by atoms with Gasteiger partial charge in [0.15, 0.2) is 12.0 Å². The normalized spacial score (nSPS) is 10.7. The molecule has 0 saturated carbocycles. The van der Waals surface area contributed by atoms with Gasteiger partial charge in [-0.2, -0.15) is 4.57 Å². The Morgan fingerprint density at radius 2 is 1.81 bits per heavy atom. The number of anilines is 1. The van der Waals surface area contributed by atoms with Crippen LogP contribution in [-0.2, 0) is 19.6 Å². The van der Waals surface area contributed by atoms with Crippen LogP contribution >= 0.6 is 0 Å². The molecule has 2 heterocycles. The molecule has 2 aromatic carbocycles. The van der Waals surface area contributed by atoms with E-state index in [-0.39, 0.29) is 11.4 Å². The number of rotatable bonds is 7. The molecule has 31 heavy (non-hydrogen) atoms. The number of nitrogens with two attached hydrogens (primary N) is 1. The van der Waals surface area contributed by atoms with E-state index in [9.17, 15) is 9.90 Å². The molecule has 0 aliphatic rings. The Hall–Kier alpha value is -3.97. The third kappa shape index (κ3) is 4.79. The van der Waals surface area contributed by atoms with Crippen molar-refractivity contribution in [3.63, 3.8) is 0 Å². The van der Waals surface area contributed by atoms with Crippen LogP contribution in [0, 0.1) is 0 Å². The van der Waals surface area contributed by atoms with Crippen molar-refractivity contribution >= 4 is 11.6 Å². The molecule has 4 aromatic rings. The average molecular weight is 413 g/mol. The number of amides is 1. The summed E-state index contributed by atoms with van der Waals surface area (Å²) >= 11 is 0. The Morgan fingerprint density at radius 3 is 2.55 bits per heavy atom. The number of aromatic nitrogens is 3. The molecule has 0 saturated heterocycles. The minimum atomic E-state index is -0.465. The van der Waals surface area contributed by atoms with Crippen molar-refractivity contribution < 1.29 is 14.5 Å². The summed E-state index contributed by atoms with van der Waals surface area (Å²) in [6.07, 6.45) is 5.33. The zero-order chi connectivity index (χ0) is 21.6. The fourth-order valence-corrected chi connectivity index (χ4v) is 3.39. The van der Waals surface area contributed by atoms with E-state index in [1.54, 1.807) is 35.2 Å². The van der Waals surface area contributed by atoms with E-state index in [0.717, 1.165) is 17.0 Å². The van der Waals surface area contributed by atoms with Crippen LogP contribution in [0.25, 0.3) is 0 Å². The number of imidazole rings is 1.